The van der Waals surface area contributed by atoms with Crippen LogP contribution < -0.4 is 18.9 Å². The Morgan fingerprint density at radius 1 is 0.489 bits per heavy atom. The number of aryl methyl sites for hydroxylation is 4. The van der Waals surface area contributed by atoms with Crippen LogP contribution >= 0.6 is 0 Å². The Hall–Kier alpha value is -9.09. The number of para-hydroxylation sites is 2. The molecule has 9 aromatic rings. The maximum absolute atomic E-state index is 11.1. The van der Waals surface area contributed by atoms with Crippen molar-refractivity contribution in [1.82, 2.24) is 0 Å². The van der Waals surface area contributed by atoms with Crippen LogP contribution in [-0.4, -0.2) is 78.8 Å². The first-order chi connectivity index (χ1) is 41.2. The maximum Gasteiger partial charge on any atom is 0.360 e. The Bertz CT molecular complexity index is 3870. The number of phenols is 7. The predicted molar refractivity (Wildman–Crippen MR) is 349 cm³/mol. The highest BCUT2D eigenvalue weighted by atomic mass is 16.7. The van der Waals surface area contributed by atoms with Crippen LogP contribution in [0.15, 0.2) is 144 Å². The van der Waals surface area contributed by atoms with Crippen LogP contribution in [0.1, 0.15) is 125 Å². The van der Waals surface area contributed by atoms with Gasteiger partial charge in [0.15, 0.2) is 23.0 Å². The second kappa shape index (κ2) is 28.6. The SMILES string of the molecule is CC.CC.CO.Cc1cc(-c2ccc3ccccc3[o+]2)cc(C)c1C.Cc1cc(C23CC(c4ccccc4O2)c2c(cc(O)c4c2OC(c2ccc(O)c(O)c2)C(O)C4)O3)cc(C)c1C.Oc1cc(O)c2c(c1)OC(c1ccc(O)c(O)c1)C(O)C2.[BH4-].[CH3-]. The van der Waals surface area contributed by atoms with Crippen LogP contribution in [-0.2, 0) is 18.6 Å². The van der Waals surface area contributed by atoms with E-state index in [0.29, 0.717) is 40.2 Å². The highest BCUT2D eigenvalue weighted by Crippen LogP contribution is 2.60. The van der Waals surface area contributed by atoms with Crippen molar-refractivity contribution >= 4 is 19.4 Å². The molecule has 4 aliphatic heterocycles. The van der Waals surface area contributed by atoms with E-state index in [1.54, 1.807) is 12.1 Å². The van der Waals surface area contributed by atoms with Gasteiger partial charge in [0.05, 0.1) is 23.2 Å². The summed E-state index contributed by atoms with van der Waals surface area (Å²) < 4.78 is 31.5. The first-order valence-electron chi connectivity index (χ1n) is 28.8. The van der Waals surface area contributed by atoms with E-state index in [2.05, 4.69) is 77.9 Å². The molecule has 0 radical (unpaired) electrons. The second-order valence-corrected chi connectivity index (χ2v) is 21.2. The Kier molecular flexibility index (Phi) is 22.1. The lowest BCUT2D eigenvalue weighted by Gasteiger charge is -2.48. The minimum atomic E-state index is -1.10. The summed E-state index contributed by atoms with van der Waals surface area (Å²) in [6, 6.07) is 41.4. The average molecular weight is 1200 g/mol. The van der Waals surface area contributed by atoms with Crippen LogP contribution in [0.4, 0.5) is 0 Å². The van der Waals surface area contributed by atoms with E-state index in [9.17, 15) is 46.0 Å². The quantitative estimate of drug-likeness (QED) is 0.0341. The smallest absolute Gasteiger partial charge is 0.360 e. The Morgan fingerprint density at radius 3 is 1.59 bits per heavy atom. The number of rotatable bonds is 4. The molecule has 6 unspecified atom stereocenters. The fourth-order valence-corrected chi connectivity index (χ4v) is 11.2. The van der Waals surface area contributed by atoms with Gasteiger partial charge < -0.3 is 77.4 Å². The van der Waals surface area contributed by atoms with E-state index in [-0.39, 0.29) is 80.6 Å². The van der Waals surface area contributed by atoms with E-state index >= 15 is 0 Å². The molecule has 0 saturated carbocycles. The van der Waals surface area contributed by atoms with Gasteiger partial charge in [-0.3, -0.25) is 0 Å². The fraction of sp³-hybridized carbons (Fsp3) is 0.278. The fourth-order valence-electron chi connectivity index (χ4n) is 11.2. The molecule has 2 bridgehead atoms. The van der Waals surface area contributed by atoms with E-state index in [1.165, 1.54) is 64.7 Å². The standard InChI is InChI=1S/C33H30O7.C18H17O.C15H14O6.2C2H6.CH4O.CH3.BH4/c1-16-10-20(11-17(2)18(16)3)33-15-23(21-6-4-5-7-28(21)39-33)30-29(40-33)14-25(35)22-13-27(37)31(38-32(22)30)19-8-9-24(34)26(36)12-19;1-12-10-16(11-13(2)14(12)3)18-9-8-15-6-4-5-7-17(15)19-18;16-8-4-11(18)9-6-13(20)15(21-14(9)5-8)7-1-2-10(17)12(19)3-7;3*1-2;;/h4-12,14,23,27,31,34-37H,13,15H2,1-3H3;4-11H,1-3H3;1-5,13,15-20H,6H2;2*1-2H3;2H,1H3;1H3;1H4/q;+1;;;;;2*-1. The molecule has 6 atom stereocenters. The molecular weight excluding hydrogens is 1120 g/mol. The molecule has 4 aliphatic rings. The van der Waals surface area contributed by atoms with Crippen LogP contribution in [0.2, 0.25) is 0 Å². The lowest BCUT2D eigenvalue weighted by Crippen LogP contribution is -2.47. The molecule has 88 heavy (non-hydrogen) atoms. The summed E-state index contributed by atoms with van der Waals surface area (Å²) >= 11 is 0. The van der Waals surface area contributed by atoms with Crippen molar-refractivity contribution in [2.24, 2.45) is 0 Å². The number of aromatic hydroxyl groups is 7. The maximum atomic E-state index is 11.1. The molecule has 15 nitrogen and oxygen atoms in total. The van der Waals surface area contributed by atoms with Gasteiger partial charge in [-0.2, -0.15) is 0 Å². The largest absolute Gasteiger partial charge is 0.508 e. The van der Waals surface area contributed by atoms with Crippen molar-refractivity contribution in [2.75, 3.05) is 7.11 Å². The van der Waals surface area contributed by atoms with Crippen molar-refractivity contribution in [2.45, 2.75) is 125 Å². The van der Waals surface area contributed by atoms with Crippen LogP contribution in [0.5, 0.6) is 63.2 Å². The van der Waals surface area contributed by atoms with Gasteiger partial charge in [0.1, 0.15) is 52.5 Å². The normalized spacial score (nSPS) is 18.4. The highest BCUT2D eigenvalue weighted by Gasteiger charge is 2.52. The van der Waals surface area contributed by atoms with Crippen LogP contribution in [0.25, 0.3) is 22.3 Å². The van der Waals surface area contributed by atoms with Crippen molar-refractivity contribution in [1.29, 1.82) is 0 Å². The van der Waals surface area contributed by atoms with Gasteiger partial charge in [0.25, 0.3) is 5.79 Å². The Labute approximate surface area is 517 Å². The molecule has 466 valence electrons. The molecule has 0 spiro atoms. The molecule has 13 rings (SSSR count). The topological polar surface area (TPSA) is 251 Å². The number of hydrogen-bond donors (Lipinski definition) is 10. The zero-order chi connectivity index (χ0) is 62.5. The van der Waals surface area contributed by atoms with Crippen molar-refractivity contribution in [3.8, 4) is 74.6 Å². The van der Waals surface area contributed by atoms with Gasteiger partial charge in [0, 0.05) is 90.4 Å². The molecule has 16 heteroatoms. The van der Waals surface area contributed by atoms with Crippen molar-refractivity contribution in [3.05, 3.63) is 219 Å². The highest BCUT2D eigenvalue weighted by molar-refractivity contribution is 5.79. The molecule has 1 aromatic heterocycles. The lowest BCUT2D eigenvalue weighted by atomic mass is 9.76. The number of ether oxygens (including phenoxy) is 4. The Morgan fingerprint density at radius 2 is 1.00 bits per heavy atom. The van der Waals surface area contributed by atoms with Crippen LogP contribution in [0, 0.1) is 49.0 Å². The lowest BCUT2D eigenvalue weighted by molar-refractivity contribution is -0.149. The minimum absolute atomic E-state index is 0. The molecule has 0 amide bonds. The zero-order valence-corrected chi connectivity index (χ0v) is 51.3. The second-order valence-electron chi connectivity index (χ2n) is 21.2. The van der Waals surface area contributed by atoms with Gasteiger partial charge in [-0.25, -0.2) is 4.42 Å². The van der Waals surface area contributed by atoms with E-state index < -0.39 is 30.2 Å². The summed E-state index contributed by atoms with van der Waals surface area (Å²) in [5.41, 5.74) is 14.1. The number of fused-ring (bicyclic) bond motifs is 10. The zero-order valence-electron chi connectivity index (χ0n) is 51.3. The van der Waals surface area contributed by atoms with E-state index in [4.69, 9.17) is 28.5 Å². The summed E-state index contributed by atoms with van der Waals surface area (Å²) in [6.45, 7) is 20.7. The summed E-state index contributed by atoms with van der Waals surface area (Å²) in [6.07, 6.45) is -2.73. The number of hydrogen-bond acceptors (Lipinski definition) is 14. The first-order valence-corrected chi connectivity index (χ1v) is 28.8. The summed E-state index contributed by atoms with van der Waals surface area (Å²) in [4.78, 5) is 0. The average Bonchev–Trinajstić information content (AvgIpc) is 0.726. The van der Waals surface area contributed by atoms with Gasteiger partial charge in [0.2, 0.25) is 0 Å². The van der Waals surface area contributed by atoms with Crippen LogP contribution in [0.3, 0.4) is 0 Å². The number of aliphatic hydroxyl groups excluding tert-OH is 3. The van der Waals surface area contributed by atoms with Gasteiger partial charge in [-0.05, 0) is 153 Å². The number of phenolic OH excluding ortho intramolecular Hbond substituents is 7. The third kappa shape index (κ3) is 13.5. The van der Waals surface area contributed by atoms with Gasteiger partial charge in [-0.15, -0.1) is 0 Å². The van der Waals surface area contributed by atoms with Crippen molar-refractivity contribution in [3.63, 3.8) is 0 Å². The minimum Gasteiger partial charge on any atom is -0.508 e. The summed E-state index contributed by atoms with van der Waals surface area (Å²) in [5.74, 6) is 0.116. The predicted octanol–water partition coefficient (Wildman–Crippen LogP) is 13.4. The monoisotopic (exact) mass is 1200 g/mol. The van der Waals surface area contributed by atoms with Crippen molar-refractivity contribution < 1.29 is 74.4 Å². The number of aliphatic hydroxyl groups is 3. The third-order valence-corrected chi connectivity index (χ3v) is 16.0. The van der Waals surface area contributed by atoms with E-state index in [1.807, 2.05) is 76.2 Å². The van der Waals surface area contributed by atoms with Gasteiger partial charge >= 0.3 is 11.3 Å². The first kappa shape index (κ1) is 68.0. The molecule has 0 saturated heterocycles. The molecule has 8 aromatic carbocycles. The molecule has 10 N–H and O–H groups in total. The Balaban J connectivity index is 0.000000218. The molecular formula is C72H84BO15-. The summed E-state index contributed by atoms with van der Waals surface area (Å²) in [5, 5.41) is 98.5. The van der Waals surface area contributed by atoms with E-state index in [0.717, 1.165) is 63.0 Å². The third-order valence-electron chi connectivity index (χ3n) is 16.0. The van der Waals surface area contributed by atoms with Gasteiger partial charge in [-0.1, -0.05) is 78.6 Å². The number of benzene rings is 8. The molecule has 0 fully saturated rings. The molecule has 0 aliphatic carbocycles. The molecule has 5 heterocycles. The summed E-state index contributed by atoms with van der Waals surface area (Å²) in [7, 11) is 1.00.